The van der Waals surface area contributed by atoms with Gasteiger partial charge in [-0.15, -0.1) is 0 Å². The zero-order valence-corrected chi connectivity index (χ0v) is 10.0. The second-order valence-corrected chi connectivity index (χ2v) is 5.41. The predicted molar refractivity (Wildman–Crippen MR) is 64.5 cm³/mol. The maximum absolute atomic E-state index is 12.1. The Morgan fingerprint density at radius 2 is 1.88 bits per heavy atom. The van der Waals surface area contributed by atoms with Crippen LogP contribution in [-0.2, 0) is 15.6 Å². The molecule has 0 amide bonds. The van der Waals surface area contributed by atoms with Crippen molar-refractivity contribution in [3.05, 3.63) is 40.8 Å². The van der Waals surface area contributed by atoms with E-state index in [9.17, 15) is 9.00 Å². The van der Waals surface area contributed by atoms with Gasteiger partial charge in [-0.05, 0) is 31.9 Å². The van der Waals surface area contributed by atoms with E-state index in [-0.39, 0.29) is 5.78 Å². The fraction of sp³-hybridized carbons (Fsp3) is 0.308. The first-order chi connectivity index (χ1) is 7.68. The number of aryl methyl sites for hydroxylation is 1. The zero-order valence-electron chi connectivity index (χ0n) is 9.23. The van der Waals surface area contributed by atoms with Crippen LogP contribution in [0.25, 0.3) is 0 Å². The third kappa shape index (κ3) is 2.30. The predicted octanol–water partition coefficient (Wildman–Crippen LogP) is 2.74. The maximum atomic E-state index is 12.1. The number of carbonyl (C=O) groups excluding carboxylic acids is 1. The molecule has 16 heavy (non-hydrogen) atoms. The highest BCUT2D eigenvalue weighted by Gasteiger charge is 2.20. The van der Waals surface area contributed by atoms with Gasteiger partial charge in [0.15, 0.2) is 5.78 Å². The number of rotatable bonds is 2. The number of ketones is 1. The maximum Gasteiger partial charge on any atom is 0.171 e. The smallest absolute Gasteiger partial charge is 0.171 e. The van der Waals surface area contributed by atoms with E-state index in [2.05, 4.69) is 0 Å². The van der Waals surface area contributed by atoms with Crippen molar-refractivity contribution < 1.29 is 9.00 Å². The molecule has 2 rings (SSSR count). The van der Waals surface area contributed by atoms with Crippen molar-refractivity contribution in [1.29, 1.82) is 0 Å². The summed E-state index contributed by atoms with van der Waals surface area (Å²) in [5, 5.41) is 0. The van der Waals surface area contributed by atoms with Crippen molar-refractivity contribution >= 4 is 16.6 Å². The number of carbonyl (C=O) groups is 1. The van der Waals surface area contributed by atoms with Crippen molar-refractivity contribution in [1.82, 2.24) is 0 Å². The Bertz CT molecular complexity index is 457. The van der Waals surface area contributed by atoms with Crippen LogP contribution in [0.3, 0.4) is 0 Å². The quantitative estimate of drug-likeness (QED) is 0.788. The summed E-state index contributed by atoms with van der Waals surface area (Å²) in [6.45, 7) is 1.98. The zero-order chi connectivity index (χ0) is 11.5. The highest BCUT2D eigenvalue weighted by molar-refractivity contribution is 7.90. The van der Waals surface area contributed by atoms with Gasteiger partial charge in [-0.2, -0.15) is 0 Å². The summed E-state index contributed by atoms with van der Waals surface area (Å²) in [7, 11) is -1.30. The van der Waals surface area contributed by atoms with Crippen molar-refractivity contribution in [2.24, 2.45) is 0 Å². The van der Waals surface area contributed by atoms with Crippen LogP contribution in [0.2, 0.25) is 0 Å². The largest absolute Gasteiger partial charge is 0.294 e. The van der Waals surface area contributed by atoms with Crippen LogP contribution in [-0.4, -0.2) is 9.99 Å². The highest BCUT2D eigenvalue weighted by atomic mass is 32.2. The van der Waals surface area contributed by atoms with Gasteiger partial charge in [0.1, 0.15) is 0 Å². The molecule has 0 N–H and O–H groups in total. The molecule has 1 atom stereocenters. The molecule has 84 valence electrons. The van der Waals surface area contributed by atoms with Crippen LogP contribution in [0.4, 0.5) is 0 Å². The van der Waals surface area contributed by atoms with E-state index in [1.807, 2.05) is 37.3 Å². The monoisotopic (exact) mass is 234 g/mol. The summed E-state index contributed by atoms with van der Waals surface area (Å²) in [6, 6.07) is 7.49. The lowest BCUT2D eigenvalue weighted by atomic mass is 10.1. The molecule has 0 aromatic heterocycles. The fourth-order valence-electron chi connectivity index (χ4n) is 1.70. The highest BCUT2D eigenvalue weighted by Crippen LogP contribution is 2.22. The minimum Gasteiger partial charge on any atom is -0.294 e. The van der Waals surface area contributed by atoms with Gasteiger partial charge in [-0.1, -0.05) is 23.8 Å². The van der Waals surface area contributed by atoms with Crippen LogP contribution >= 0.6 is 0 Å². The van der Waals surface area contributed by atoms with Crippen LogP contribution < -0.4 is 0 Å². The number of hydrogen-bond donors (Lipinski definition) is 0. The minimum absolute atomic E-state index is 0.0326. The second-order valence-electron chi connectivity index (χ2n) is 3.97. The van der Waals surface area contributed by atoms with Crippen molar-refractivity contribution in [3.8, 4) is 0 Å². The summed E-state index contributed by atoms with van der Waals surface area (Å²) >= 11 is 0. The molecule has 0 saturated carbocycles. The Balaban J connectivity index is 2.28. The SMILES string of the molecule is Cc1ccc([S@](=O)C2=CCCCC2=O)cc1. The molecule has 0 unspecified atom stereocenters. The number of allylic oxidation sites excluding steroid dienone is 2. The molecule has 0 saturated heterocycles. The van der Waals surface area contributed by atoms with Crippen molar-refractivity contribution in [2.45, 2.75) is 31.1 Å². The van der Waals surface area contributed by atoms with Crippen molar-refractivity contribution in [2.75, 3.05) is 0 Å². The molecule has 1 aliphatic rings. The molecule has 0 bridgehead atoms. The number of hydrogen-bond acceptors (Lipinski definition) is 2. The van der Waals surface area contributed by atoms with Crippen molar-refractivity contribution in [3.63, 3.8) is 0 Å². The summed E-state index contributed by atoms with van der Waals surface area (Å²) in [5.41, 5.74) is 1.13. The fourth-order valence-corrected chi connectivity index (χ4v) is 2.92. The molecule has 0 spiro atoms. The van der Waals surface area contributed by atoms with E-state index < -0.39 is 10.8 Å². The first kappa shape index (κ1) is 11.3. The average Bonchev–Trinajstić information content (AvgIpc) is 2.30. The average molecular weight is 234 g/mol. The minimum atomic E-state index is -1.30. The summed E-state index contributed by atoms with van der Waals surface area (Å²) in [4.78, 5) is 12.8. The van der Waals surface area contributed by atoms with E-state index in [1.54, 1.807) is 0 Å². The van der Waals surface area contributed by atoms with E-state index >= 15 is 0 Å². The van der Waals surface area contributed by atoms with Gasteiger partial charge in [0.25, 0.3) is 0 Å². The Kier molecular flexibility index (Phi) is 3.34. The van der Waals surface area contributed by atoms with E-state index in [4.69, 9.17) is 0 Å². The Hall–Kier alpha value is -1.22. The first-order valence-corrected chi connectivity index (χ1v) is 6.55. The summed E-state index contributed by atoms with van der Waals surface area (Å²) in [5.74, 6) is 0.0326. The molecule has 2 nitrogen and oxygen atoms in total. The molecule has 1 aliphatic carbocycles. The normalized spacial score (nSPS) is 18.1. The lowest BCUT2D eigenvalue weighted by molar-refractivity contribution is -0.115. The van der Waals surface area contributed by atoms with Crippen LogP contribution in [0.15, 0.2) is 40.1 Å². The van der Waals surface area contributed by atoms with Gasteiger partial charge >= 0.3 is 0 Å². The second kappa shape index (κ2) is 4.74. The third-order valence-corrected chi connectivity index (χ3v) is 4.14. The van der Waals surface area contributed by atoms with Gasteiger partial charge < -0.3 is 0 Å². The van der Waals surface area contributed by atoms with E-state index in [1.165, 1.54) is 0 Å². The Labute approximate surface area is 97.8 Å². The molecule has 1 aromatic carbocycles. The lowest BCUT2D eigenvalue weighted by Gasteiger charge is -2.11. The van der Waals surface area contributed by atoms with E-state index in [0.29, 0.717) is 16.2 Å². The first-order valence-electron chi connectivity index (χ1n) is 5.40. The number of benzene rings is 1. The van der Waals surface area contributed by atoms with Crippen LogP contribution in [0.1, 0.15) is 24.8 Å². The summed E-state index contributed by atoms with van der Waals surface area (Å²) < 4.78 is 12.1. The van der Waals surface area contributed by atoms with Gasteiger partial charge in [-0.3, -0.25) is 4.79 Å². The van der Waals surface area contributed by atoms with Crippen LogP contribution in [0, 0.1) is 6.92 Å². The molecule has 0 radical (unpaired) electrons. The molecule has 3 heteroatoms. The van der Waals surface area contributed by atoms with Crippen LogP contribution in [0.5, 0.6) is 0 Å². The standard InChI is InChI=1S/C13H14O2S/c1-10-6-8-11(9-7-10)16(15)13-5-3-2-4-12(13)14/h5-9H,2-4H2,1H3/t16-/m0/s1. The molecular weight excluding hydrogens is 220 g/mol. The Morgan fingerprint density at radius 1 is 1.19 bits per heavy atom. The van der Waals surface area contributed by atoms with Gasteiger partial charge in [0.05, 0.1) is 15.7 Å². The summed E-state index contributed by atoms with van der Waals surface area (Å²) in [6.07, 6.45) is 4.09. The Morgan fingerprint density at radius 3 is 2.50 bits per heavy atom. The van der Waals surface area contributed by atoms with Gasteiger partial charge in [0.2, 0.25) is 0 Å². The number of Topliss-reactive ketones (excluding diaryl/α,β-unsaturated/α-hetero) is 1. The van der Waals surface area contributed by atoms with E-state index in [0.717, 1.165) is 18.4 Å². The molecule has 0 heterocycles. The topological polar surface area (TPSA) is 34.1 Å². The third-order valence-electron chi connectivity index (χ3n) is 2.65. The molecule has 0 aliphatic heterocycles. The van der Waals surface area contributed by atoms with Gasteiger partial charge in [0, 0.05) is 11.3 Å². The lowest BCUT2D eigenvalue weighted by Crippen LogP contribution is -2.11. The molecule has 1 aromatic rings. The van der Waals surface area contributed by atoms with Gasteiger partial charge in [-0.25, -0.2) is 4.21 Å². The molecular formula is C13H14O2S. The molecule has 0 fully saturated rings.